The van der Waals surface area contributed by atoms with Crippen LogP contribution in [0.4, 0.5) is 4.39 Å². The molecule has 0 amide bonds. The SMILES string of the molecule is COC(=O)c1ccc(-n2c(C)cc(C(=O)CSc3ccc(F)cc3)c2C)cc1. The van der Waals surface area contributed by atoms with E-state index in [2.05, 4.69) is 0 Å². The van der Waals surface area contributed by atoms with Crippen molar-refractivity contribution < 1.29 is 18.7 Å². The van der Waals surface area contributed by atoms with Crippen LogP contribution in [0.3, 0.4) is 0 Å². The third-order valence-electron chi connectivity index (χ3n) is 4.46. The highest BCUT2D eigenvalue weighted by Gasteiger charge is 2.17. The van der Waals surface area contributed by atoms with Crippen molar-refractivity contribution in [1.29, 1.82) is 0 Å². The minimum absolute atomic E-state index is 0.0138. The summed E-state index contributed by atoms with van der Waals surface area (Å²) in [5, 5.41) is 0. The van der Waals surface area contributed by atoms with Gasteiger partial charge in [0.2, 0.25) is 0 Å². The second-order valence-corrected chi connectivity index (χ2v) is 7.37. The summed E-state index contributed by atoms with van der Waals surface area (Å²) in [6, 6.07) is 15.0. The first-order valence-electron chi connectivity index (χ1n) is 8.70. The number of carbonyl (C=O) groups is 2. The second-order valence-electron chi connectivity index (χ2n) is 6.32. The number of benzene rings is 2. The average Bonchev–Trinajstić information content (AvgIpc) is 3.01. The summed E-state index contributed by atoms with van der Waals surface area (Å²) >= 11 is 1.38. The summed E-state index contributed by atoms with van der Waals surface area (Å²) in [4.78, 5) is 25.2. The monoisotopic (exact) mass is 397 g/mol. The van der Waals surface area contributed by atoms with Crippen LogP contribution in [0.25, 0.3) is 5.69 Å². The number of methoxy groups -OCH3 is 1. The van der Waals surface area contributed by atoms with Crippen molar-refractivity contribution in [3.8, 4) is 5.69 Å². The number of carbonyl (C=O) groups excluding carboxylic acids is 2. The lowest BCUT2D eigenvalue weighted by Gasteiger charge is -2.10. The van der Waals surface area contributed by atoms with Gasteiger partial charge in [0.1, 0.15) is 5.82 Å². The molecule has 0 bridgehead atoms. The molecule has 0 spiro atoms. The highest BCUT2D eigenvalue weighted by Crippen LogP contribution is 2.25. The molecule has 0 aliphatic rings. The van der Waals surface area contributed by atoms with Crippen LogP contribution in [0.2, 0.25) is 0 Å². The first-order chi connectivity index (χ1) is 13.4. The largest absolute Gasteiger partial charge is 0.465 e. The lowest BCUT2D eigenvalue weighted by atomic mass is 10.2. The number of Topliss-reactive ketones (excluding diaryl/α,β-unsaturated/α-hetero) is 1. The predicted molar refractivity (Wildman–Crippen MR) is 108 cm³/mol. The zero-order valence-corrected chi connectivity index (χ0v) is 16.7. The van der Waals surface area contributed by atoms with Crippen LogP contribution in [0, 0.1) is 19.7 Å². The molecule has 0 fully saturated rings. The standard InChI is InChI=1S/C22H20FNO3S/c1-14-12-20(21(25)13-28-19-10-6-17(23)7-11-19)15(2)24(14)18-8-4-16(5-9-18)22(26)27-3/h4-12H,13H2,1-3H3. The molecule has 0 aliphatic carbocycles. The maximum absolute atomic E-state index is 13.0. The van der Waals surface area contributed by atoms with E-state index in [9.17, 15) is 14.0 Å². The average molecular weight is 397 g/mol. The summed E-state index contributed by atoms with van der Waals surface area (Å²) in [5.74, 6) is -0.393. The minimum Gasteiger partial charge on any atom is -0.465 e. The summed E-state index contributed by atoms with van der Waals surface area (Å²) < 4.78 is 19.7. The molecular formula is C22H20FNO3S. The fourth-order valence-electron chi connectivity index (χ4n) is 3.06. The Morgan fingerprint density at radius 2 is 1.68 bits per heavy atom. The molecule has 0 aliphatic heterocycles. The van der Waals surface area contributed by atoms with E-state index < -0.39 is 0 Å². The van der Waals surface area contributed by atoms with Gasteiger partial charge < -0.3 is 9.30 Å². The van der Waals surface area contributed by atoms with Gasteiger partial charge in [-0.25, -0.2) is 9.18 Å². The number of thioether (sulfide) groups is 1. The van der Waals surface area contributed by atoms with Gasteiger partial charge in [0, 0.05) is 27.5 Å². The van der Waals surface area contributed by atoms with E-state index in [4.69, 9.17) is 4.74 Å². The van der Waals surface area contributed by atoms with Crippen molar-refractivity contribution in [2.75, 3.05) is 12.9 Å². The molecule has 2 aromatic carbocycles. The smallest absolute Gasteiger partial charge is 0.337 e. The number of hydrogen-bond acceptors (Lipinski definition) is 4. The summed E-state index contributed by atoms with van der Waals surface area (Å²) in [6.45, 7) is 3.84. The zero-order valence-electron chi connectivity index (χ0n) is 15.9. The number of hydrogen-bond donors (Lipinski definition) is 0. The van der Waals surface area contributed by atoms with Crippen molar-refractivity contribution in [2.24, 2.45) is 0 Å². The van der Waals surface area contributed by atoms with E-state index >= 15 is 0 Å². The van der Waals surface area contributed by atoms with Gasteiger partial charge in [-0.05, 0) is 68.4 Å². The molecule has 3 rings (SSSR count). The van der Waals surface area contributed by atoms with Gasteiger partial charge in [-0.1, -0.05) is 0 Å². The van der Waals surface area contributed by atoms with Crippen molar-refractivity contribution >= 4 is 23.5 Å². The van der Waals surface area contributed by atoms with Gasteiger partial charge in [-0.15, -0.1) is 11.8 Å². The first-order valence-corrected chi connectivity index (χ1v) is 9.68. The number of rotatable bonds is 6. The lowest BCUT2D eigenvalue weighted by molar-refractivity contribution is 0.0600. The molecule has 28 heavy (non-hydrogen) atoms. The van der Waals surface area contributed by atoms with E-state index in [-0.39, 0.29) is 23.3 Å². The summed E-state index contributed by atoms with van der Waals surface area (Å²) in [5.41, 5.74) is 3.77. The maximum atomic E-state index is 13.0. The van der Waals surface area contributed by atoms with Crippen molar-refractivity contribution in [1.82, 2.24) is 4.57 Å². The number of esters is 1. The molecule has 1 heterocycles. The Morgan fingerprint density at radius 3 is 2.29 bits per heavy atom. The van der Waals surface area contributed by atoms with Crippen molar-refractivity contribution in [3.63, 3.8) is 0 Å². The van der Waals surface area contributed by atoms with Gasteiger partial charge >= 0.3 is 5.97 Å². The number of halogens is 1. The predicted octanol–water partition coefficient (Wildman–Crippen LogP) is 4.99. The van der Waals surface area contributed by atoms with Crippen LogP contribution in [0.5, 0.6) is 0 Å². The van der Waals surface area contributed by atoms with Crippen molar-refractivity contribution in [2.45, 2.75) is 18.7 Å². The van der Waals surface area contributed by atoms with Gasteiger partial charge in [0.05, 0.1) is 18.4 Å². The molecule has 0 radical (unpaired) electrons. The molecule has 0 atom stereocenters. The molecule has 0 N–H and O–H groups in total. The highest BCUT2D eigenvalue weighted by molar-refractivity contribution is 8.00. The zero-order chi connectivity index (χ0) is 20.3. The Hall–Kier alpha value is -2.86. The highest BCUT2D eigenvalue weighted by atomic mass is 32.2. The molecule has 0 saturated heterocycles. The second kappa shape index (κ2) is 8.44. The van der Waals surface area contributed by atoms with Crippen LogP contribution in [-0.2, 0) is 4.74 Å². The van der Waals surface area contributed by atoms with E-state index in [1.807, 2.05) is 36.6 Å². The molecular weight excluding hydrogens is 377 g/mol. The number of aromatic nitrogens is 1. The quantitative estimate of drug-likeness (QED) is 0.334. The van der Waals surface area contributed by atoms with Crippen molar-refractivity contribution in [3.05, 3.63) is 82.9 Å². The third kappa shape index (κ3) is 4.17. The first kappa shape index (κ1) is 19.9. The molecule has 0 unspecified atom stereocenters. The summed E-state index contributed by atoms with van der Waals surface area (Å²) in [6.07, 6.45) is 0. The molecule has 4 nitrogen and oxygen atoms in total. The van der Waals surface area contributed by atoms with Crippen LogP contribution >= 0.6 is 11.8 Å². The Bertz CT molecular complexity index is 1010. The molecule has 0 saturated carbocycles. The minimum atomic E-state index is -0.388. The molecule has 3 aromatic rings. The van der Waals surface area contributed by atoms with Crippen LogP contribution < -0.4 is 0 Å². The van der Waals surface area contributed by atoms with E-state index in [0.717, 1.165) is 22.0 Å². The molecule has 1 aromatic heterocycles. The number of ether oxygens (including phenoxy) is 1. The van der Waals surface area contributed by atoms with Crippen LogP contribution in [0.1, 0.15) is 32.1 Å². The third-order valence-corrected chi connectivity index (χ3v) is 5.47. The maximum Gasteiger partial charge on any atom is 0.337 e. The van der Waals surface area contributed by atoms with E-state index in [1.165, 1.54) is 31.0 Å². The normalized spacial score (nSPS) is 10.7. The van der Waals surface area contributed by atoms with Gasteiger partial charge in [0.25, 0.3) is 0 Å². The number of aryl methyl sites for hydroxylation is 1. The van der Waals surface area contributed by atoms with Gasteiger partial charge in [-0.2, -0.15) is 0 Å². The van der Waals surface area contributed by atoms with Crippen LogP contribution in [0.15, 0.2) is 59.5 Å². The molecule has 6 heteroatoms. The van der Waals surface area contributed by atoms with E-state index in [1.54, 1.807) is 24.3 Å². The molecule has 144 valence electrons. The van der Waals surface area contributed by atoms with Gasteiger partial charge in [0.15, 0.2) is 5.78 Å². The van der Waals surface area contributed by atoms with Crippen LogP contribution in [-0.4, -0.2) is 29.2 Å². The fraction of sp³-hybridized carbons (Fsp3) is 0.182. The van der Waals surface area contributed by atoms with Gasteiger partial charge in [-0.3, -0.25) is 4.79 Å². The fourth-order valence-corrected chi connectivity index (χ4v) is 3.85. The summed E-state index contributed by atoms with van der Waals surface area (Å²) in [7, 11) is 1.35. The number of nitrogens with zero attached hydrogens (tertiary/aromatic N) is 1. The topological polar surface area (TPSA) is 48.3 Å². The van der Waals surface area contributed by atoms with E-state index in [0.29, 0.717) is 11.1 Å². The Labute approximate surface area is 167 Å². The Balaban J connectivity index is 1.80. The lowest BCUT2D eigenvalue weighted by Crippen LogP contribution is -2.06. The Morgan fingerprint density at radius 1 is 1.04 bits per heavy atom. The Kier molecular flexibility index (Phi) is 5.99. The number of ketones is 1.